The Morgan fingerprint density at radius 2 is 1.38 bits per heavy atom. The number of aliphatic hydroxyl groups is 1. The van der Waals surface area contributed by atoms with Crippen LogP contribution in [0, 0.1) is 5.92 Å². The van der Waals surface area contributed by atoms with E-state index in [0.29, 0.717) is 0 Å². The van der Waals surface area contributed by atoms with Gasteiger partial charge in [-0.15, -0.1) is 0 Å². The van der Waals surface area contributed by atoms with Gasteiger partial charge in [-0.25, -0.2) is 0 Å². The van der Waals surface area contributed by atoms with Gasteiger partial charge >= 0.3 is 0 Å². The fraction of sp³-hybridized carbons (Fsp3) is 0.556. The molecule has 0 aliphatic heterocycles. The van der Waals surface area contributed by atoms with Crippen molar-refractivity contribution in [2.24, 2.45) is 5.92 Å². The molecule has 0 aromatic heterocycles. The topological polar surface area (TPSA) is 29.5 Å². The van der Waals surface area contributed by atoms with E-state index in [1.165, 1.54) is 43.2 Å². The maximum absolute atomic E-state index is 11.0. The molecule has 0 saturated heterocycles. The van der Waals surface area contributed by atoms with Crippen molar-refractivity contribution >= 4 is 0 Å². The van der Waals surface area contributed by atoms with Crippen LogP contribution in [0.1, 0.15) is 83.6 Å². The Balaban J connectivity index is 1.49. The smallest absolute Gasteiger partial charge is 0.119 e. The molecule has 158 valence electrons. The average Bonchev–Trinajstić information content (AvgIpc) is 2.76. The summed E-state index contributed by atoms with van der Waals surface area (Å²) in [5.41, 5.74) is 2.79. The lowest BCUT2D eigenvalue weighted by Gasteiger charge is -2.35. The van der Waals surface area contributed by atoms with Gasteiger partial charge in [0.25, 0.3) is 0 Å². The minimum Gasteiger partial charge on any atom is -0.494 e. The Morgan fingerprint density at radius 3 is 2.00 bits per heavy atom. The van der Waals surface area contributed by atoms with Gasteiger partial charge in [0.1, 0.15) is 5.75 Å². The molecule has 1 aliphatic carbocycles. The lowest BCUT2D eigenvalue weighted by molar-refractivity contribution is -0.0120. The molecule has 0 amide bonds. The number of benzene rings is 2. The third kappa shape index (κ3) is 6.34. The molecule has 2 aromatic carbocycles. The second-order valence-electron chi connectivity index (χ2n) is 8.93. The monoisotopic (exact) mass is 394 g/mol. The summed E-state index contributed by atoms with van der Waals surface area (Å²) in [6.07, 6.45) is 11.7. The van der Waals surface area contributed by atoms with Crippen LogP contribution >= 0.6 is 0 Å². The van der Waals surface area contributed by atoms with E-state index < -0.39 is 5.60 Å². The maximum Gasteiger partial charge on any atom is 0.119 e. The van der Waals surface area contributed by atoms with E-state index in [2.05, 4.69) is 62.4 Å². The van der Waals surface area contributed by atoms with Crippen LogP contribution in [0.25, 0.3) is 11.1 Å². The Hall–Kier alpha value is -1.80. The van der Waals surface area contributed by atoms with Crippen LogP contribution in [0.3, 0.4) is 0 Å². The van der Waals surface area contributed by atoms with Crippen LogP contribution in [0.15, 0.2) is 48.5 Å². The summed E-state index contributed by atoms with van der Waals surface area (Å²) in [6.45, 7) is 5.34. The van der Waals surface area contributed by atoms with E-state index in [1.807, 2.05) is 0 Å². The molecule has 0 unspecified atom stereocenters. The number of rotatable bonds is 10. The lowest BCUT2D eigenvalue weighted by atomic mass is 9.75. The molecule has 1 saturated carbocycles. The highest BCUT2D eigenvalue weighted by atomic mass is 16.5. The Morgan fingerprint density at radius 1 is 0.828 bits per heavy atom. The van der Waals surface area contributed by atoms with Crippen molar-refractivity contribution in [1.82, 2.24) is 0 Å². The molecule has 0 spiro atoms. The van der Waals surface area contributed by atoms with Gasteiger partial charge in [-0.05, 0) is 66.8 Å². The van der Waals surface area contributed by atoms with Crippen LogP contribution in [0.2, 0.25) is 0 Å². The summed E-state index contributed by atoms with van der Waals surface area (Å²) >= 11 is 0. The Kier molecular flexibility index (Phi) is 8.18. The van der Waals surface area contributed by atoms with Gasteiger partial charge in [0.2, 0.25) is 0 Å². The first-order chi connectivity index (χ1) is 14.1. The summed E-state index contributed by atoms with van der Waals surface area (Å²) < 4.78 is 5.89. The third-order valence-electron chi connectivity index (χ3n) is 6.48. The predicted octanol–water partition coefficient (Wildman–Crippen LogP) is 7.49. The molecule has 1 N–H and O–H groups in total. The first kappa shape index (κ1) is 21.9. The second kappa shape index (κ2) is 10.8. The van der Waals surface area contributed by atoms with Gasteiger partial charge in [0.15, 0.2) is 0 Å². The number of hydrogen-bond donors (Lipinski definition) is 1. The zero-order valence-corrected chi connectivity index (χ0v) is 18.3. The average molecular weight is 395 g/mol. The molecule has 1 aliphatic rings. The van der Waals surface area contributed by atoms with Crippen molar-refractivity contribution in [2.75, 3.05) is 6.61 Å². The first-order valence-corrected chi connectivity index (χ1v) is 11.7. The molecule has 2 nitrogen and oxygen atoms in total. The van der Waals surface area contributed by atoms with Crippen molar-refractivity contribution in [2.45, 2.75) is 83.7 Å². The summed E-state index contributed by atoms with van der Waals surface area (Å²) in [7, 11) is 0. The van der Waals surface area contributed by atoms with Crippen LogP contribution in [0.4, 0.5) is 0 Å². The highest BCUT2D eigenvalue weighted by Crippen LogP contribution is 2.39. The van der Waals surface area contributed by atoms with E-state index in [9.17, 15) is 5.11 Å². The number of ether oxygens (including phenoxy) is 1. The van der Waals surface area contributed by atoms with Crippen LogP contribution in [-0.4, -0.2) is 11.7 Å². The van der Waals surface area contributed by atoms with Crippen LogP contribution in [-0.2, 0) is 5.60 Å². The molecular formula is C27H38O2. The zero-order chi connectivity index (χ0) is 20.5. The highest BCUT2D eigenvalue weighted by molar-refractivity contribution is 5.64. The molecule has 0 bridgehead atoms. The highest BCUT2D eigenvalue weighted by Gasteiger charge is 2.33. The number of unbranched alkanes of at least 4 members (excludes halogenated alkanes) is 5. The zero-order valence-electron chi connectivity index (χ0n) is 18.3. The van der Waals surface area contributed by atoms with Crippen molar-refractivity contribution in [1.29, 1.82) is 0 Å². The molecule has 0 heterocycles. The third-order valence-corrected chi connectivity index (χ3v) is 6.48. The molecule has 2 aromatic rings. The van der Waals surface area contributed by atoms with Gasteiger partial charge < -0.3 is 9.84 Å². The van der Waals surface area contributed by atoms with Crippen LogP contribution in [0.5, 0.6) is 5.75 Å². The van der Waals surface area contributed by atoms with E-state index in [4.69, 9.17) is 4.74 Å². The molecule has 29 heavy (non-hydrogen) atoms. The SMILES string of the molecule is CCCCCCCCOc1ccc(-c2ccc(C3(O)CCC(C)CC3)cc2)cc1. The minimum absolute atomic E-state index is 0.640. The van der Waals surface area contributed by atoms with Crippen LogP contribution < -0.4 is 4.74 Å². The van der Waals surface area contributed by atoms with Gasteiger partial charge in [0.05, 0.1) is 12.2 Å². The Labute approximate surface area is 177 Å². The van der Waals surface area contributed by atoms with E-state index >= 15 is 0 Å². The maximum atomic E-state index is 11.0. The fourth-order valence-electron chi connectivity index (χ4n) is 4.32. The fourth-order valence-corrected chi connectivity index (χ4v) is 4.32. The Bertz CT molecular complexity index is 709. The molecular weight excluding hydrogens is 356 g/mol. The second-order valence-corrected chi connectivity index (χ2v) is 8.93. The quantitative estimate of drug-likeness (QED) is 0.423. The summed E-state index contributed by atoms with van der Waals surface area (Å²) in [5, 5.41) is 11.0. The van der Waals surface area contributed by atoms with Gasteiger partial charge in [0, 0.05) is 0 Å². The van der Waals surface area contributed by atoms with Gasteiger partial charge in [-0.2, -0.15) is 0 Å². The van der Waals surface area contributed by atoms with Crippen molar-refractivity contribution < 1.29 is 9.84 Å². The molecule has 2 heteroatoms. The molecule has 0 atom stereocenters. The van der Waals surface area contributed by atoms with Gasteiger partial charge in [-0.3, -0.25) is 0 Å². The van der Waals surface area contributed by atoms with Crippen molar-refractivity contribution in [3.05, 3.63) is 54.1 Å². The predicted molar refractivity (Wildman–Crippen MR) is 122 cm³/mol. The van der Waals surface area contributed by atoms with Gasteiger partial charge in [-0.1, -0.05) is 82.3 Å². The van der Waals surface area contributed by atoms with E-state index in [0.717, 1.165) is 55.9 Å². The summed E-state index contributed by atoms with van der Waals surface area (Å²) in [6, 6.07) is 16.9. The first-order valence-electron chi connectivity index (χ1n) is 11.7. The summed E-state index contributed by atoms with van der Waals surface area (Å²) in [4.78, 5) is 0. The summed E-state index contributed by atoms with van der Waals surface area (Å²) in [5.74, 6) is 1.68. The van der Waals surface area contributed by atoms with Crippen molar-refractivity contribution in [3.63, 3.8) is 0 Å². The largest absolute Gasteiger partial charge is 0.494 e. The van der Waals surface area contributed by atoms with E-state index in [-0.39, 0.29) is 0 Å². The minimum atomic E-state index is -0.640. The standard InChI is InChI=1S/C27H38O2/c1-3-4-5-6-7-8-21-29-26-15-11-24(12-16-26)23-9-13-25(14-10-23)27(28)19-17-22(2)18-20-27/h9-16,22,28H,3-8,17-21H2,1-2H3. The van der Waals surface area contributed by atoms with Crippen molar-refractivity contribution in [3.8, 4) is 16.9 Å². The molecule has 1 fully saturated rings. The lowest BCUT2D eigenvalue weighted by Crippen LogP contribution is -2.30. The molecule has 0 radical (unpaired) electrons. The van der Waals surface area contributed by atoms with E-state index in [1.54, 1.807) is 0 Å². The number of hydrogen-bond acceptors (Lipinski definition) is 2. The molecule has 3 rings (SSSR count). The normalized spacial score (nSPS) is 21.8.